The first-order valence-corrected chi connectivity index (χ1v) is 28.8. The van der Waals surface area contributed by atoms with Crippen molar-refractivity contribution in [1.82, 2.24) is 0 Å². The van der Waals surface area contributed by atoms with Gasteiger partial charge in [0.2, 0.25) is 0 Å². The highest BCUT2D eigenvalue weighted by atomic mass is 31.2. The van der Waals surface area contributed by atoms with Crippen molar-refractivity contribution < 1.29 is 43.0 Å². The first-order chi connectivity index (χ1) is 31.3. The van der Waals surface area contributed by atoms with Gasteiger partial charge in [0.1, 0.15) is 12.2 Å². The highest BCUT2D eigenvalue weighted by Crippen LogP contribution is 2.43. The van der Waals surface area contributed by atoms with E-state index in [9.17, 15) is 19.4 Å². The summed E-state index contributed by atoms with van der Waals surface area (Å²) >= 11 is 0. The fraction of sp³-hybridized carbons (Fsp3) is 0.907. The first kappa shape index (κ1) is 62.9. The third-order valence-electron chi connectivity index (χ3n) is 12.1. The van der Waals surface area contributed by atoms with E-state index >= 15 is 0 Å². The number of allylic oxidation sites excluding steroid dienone is 4. The van der Waals surface area contributed by atoms with Crippen LogP contribution < -0.4 is 0 Å². The summed E-state index contributed by atoms with van der Waals surface area (Å²) in [7, 11) is -4.52. The zero-order chi connectivity index (χ0) is 46.7. The van der Waals surface area contributed by atoms with E-state index < -0.39 is 33.2 Å². The first-order valence-electron chi connectivity index (χ1n) is 27.3. The number of hydrogen-bond acceptors (Lipinski definition) is 8. The number of aliphatic hydroxyl groups excluding tert-OH is 2. The lowest BCUT2D eigenvalue weighted by molar-refractivity contribution is -0.154. The van der Waals surface area contributed by atoms with Gasteiger partial charge in [0.25, 0.3) is 0 Å². The second-order valence-corrected chi connectivity index (χ2v) is 20.1. The van der Waals surface area contributed by atoms with Gasteiger partial charge in [-0.25, -0.2) is 4.57 Å². The zero-order valence-electron chi connectivity index (χ0n) is 42.0. The number of phosphoric acid groups is 1. The van der Waals surface area contributed by atoms with Crippen molar-refractivity contribution >= 4 is 13.8 Å². The molecular formula is C54H105O9P. The second kappa shape index (κ2) is 51.3. The Labute approximate surface area is 395 Å². The van der Waals surface area contributed by atoms with E-state index in [0.29, 0.717) is 6.61 Å². The van der Waals surface area contributed by atoms with Crippen molar-refractivity contribution in [2.24, 2.45) is 0 Å². The smallest absolute Gasteiger partial charge is 0.457 e. The molecule has 0 aliphatic rings. The maximum absolute atomic E-state index is 12.7. The number of hydrogen-bond donors (Lipinski definition) is 3. The van der Waals surface area contributed by atoms with E-state index in [1.807, 2.05) is 0 Å². The van der Waals surface area contributed by atoms with Gasteiger partial charge in [-0.3, -0.25) is 13.8 Å². The van der Waals surface area contributed by atoms with Crippen LogP contribution in [-0.4, -0.2) is 66.3 Å². The Morgan fingerprint density at radius 2 is 0.797 bits per heavy atom. The van der Waals surface area contributed by atoms with Gasteiger partial charge in [0, 0.05) is 13.0 Å². The normalized spacial score (nSPS) is 13.9. The number of phosphoric ester groups is 1. The van der Waals surface area contributed by atoms with Crippen LogP contribution in [0.4, 0.5) is 0 Å². The van der Waals surface area contributed by atoms with E-state index in [4.69, 9.17) is 23.6 Å². The minimum Gasteiger partial charge on any atom is -0.457 e. The van der Waals surface area contributed by atoms with Crippen molar-refractivity contribution in [1.29, 1.82) is 0 Å². The molecule has 0 rings (SSSR count). The van der Waals surface area contributed by atoms with Crippen LogP contribution in [0.5, 0.6) is 0 Å². The molecule has 0 radical (unpaired) electrons. The number of unbranched alkanes of at least 4 members (excludes halogenated alkanes) is 35. The molecule has 3 N–H and O–H groups in total. The van der Waals surface area contributed by atoms with E-state index in [1.165, 1.54) is 218 Å². The van der Waals surface area contributed by atoms with Gasteiger partial charge >= 0.3 is 13.8 Å². The molecule has 0 amide bonds. The molecule has 380 valence electrons. The summed E-state index contributed by atoms with van der Waals surface area (Å²) in [5.74, 6) is -0.380. The summed E-state index contributed by atoms with van der Waals surface area (Å²) in [5, 5.41) is 18.4. The molecule has 0 saturated heterocycles. The third kappa shape index (κ3) is 50.4. The number of carbonyl (C=O) groups is 1. The monoisotopic (exact) mass is 929 g/mol. The Bertz CT molecular complexity index is 1050. The molecule has 0 aromatic carbocycles. The number of carbonyl (C=O) groups excluding carboxylic acids is 1. The molecule has 3 unspecified atom stereocenters. The second-order valence-electron chi connectivity index (χ2n) is 18.6. The van der Waals surface area contributed by atoms with Crippen molar-refractivity contribution in [2.75, 3.05) is 33.0 Å². The van der Waals surface area contributed by atoms with Crippen LogP contribution in [0.1, 0.15) is 271 Å². The zero-order valence-corrected chi connectivity index (χ0v) is 42.9. The predicted octanol–water partition coefficient (Wildman–Crippen LogP) is 16.2. The largest absolute Gasteiger partial charge is 0.472 e. The number of rotatable bonds is 53. The van der Waals surface area contributed by atoms with Crippen molar-refractivity contribution in [3.63, 3.8) is 0 Å². The van der Waals surface area contributed by atoms with Crippen molar-refractivity contribution in [3.8, 4) is 0 Å². The van der Waals surface area contributed by atoms with Gasteiger partial charge in [-0.05, 0) is 64.2 Å². The Morgan fingerprint density at radius 3 is 1.17 bits per heavy atom. The molecule has 0 heterocycles. The van der Waals surface area contributed by atoms with E-state index in [0.717, 1.165) is 32.1 Å². The average Bonchev–Trinajstić information content (AvgIpc) is 3.29. The molecule has 0 bridgehead atoms. The van der Waals surface area contributed by atoms with E-state index in [-0.39, 0.29) is 25.6 Å². The van der Waals surface area contributed by atoms with Crippen LogP contribution in [0.3, 0.4) is 0 Å². The molecule has 0 aliphatic heterocycles. The maximum Gasteiger partial charge on any atom is 0.472 e. The van der Waals surface area contributed by atoms with Crippen LogP contribution >= 0.6 is 7.82 Å². The molecule has 64 heavy (non-hydrogen) atoms. The number of aliphatic hydroxyl groups is 2. The Kier molecular flexibility index (Phi) is 50.5. The minimum atomic E-state index is -4.52. The predicted molar refractivity (Wildman–Crippen MR) is 270 cm³/mol. The summed E-state index contributed by atoms with van der Waals surface area (Å²) in [6.45, 7) is 3.57. The summed E-state index contributed by atoms with van der Waals surface area (Å²) in [6, 6.07) is 0. The Balaban J connectivity index is 4.00. The van der Waals surface area contributed by atoms with Crippen LogP contribution in [-0.2, 0) is 27.9 Å². The van der Waals surface area contributed by atoms with Crippen LogP contribution in [0, 0.1) is 0 Å². The molecule has 0 spiro atoms. The molecule has 0 aliphatic carbocycles. The summed E-state index contributed by atoms with van der Waals surface area (Å²) in [4.78, 5) is 22.7. The third-order valence-corrected chi connectivity index (χ3v) is 13.1. The van der Waals surface area contributed by atoms with Gasteiger partial charge in [-0.2, -0.15) is 0 Å². The van der Waals surface area contributed by atoms with Gasteiger partial charge < -0.3 is 24.6 Å². The van der Waals surface area contributed by atoms with E-state index in [1.54, 1.807) is 0 Å². The molecule has 0 saturated carbocycles. The van der Waals surface area contributed by atoms with Gasteiger partial charge in [-0.1, -0.05) is 224 Å². The fourth-order valence-electron chi connectivity index (χ4n) is 7.94. The summed E-state index contributed by atoms with van der Waals surface area (Å²) in [5.41, 5.74) is 0. The van der Waals surface area contributed by atoms with Crippen molar-refractivity contribution in [3.05, 3.63) is 24.3 Å². The Morgan fingerprint density at radius 1 is 0.469 bits per heavy atom. The van der Waals surface area contributed by atoms with Crippen molar-refractivity contribution in [2.45, 2.75) is 283 Å². The van der Waals surface area contributed by atoms with Gasteiger partial charge in [0.15, 0.2) is 0 Å². The topological polar surface area (TPSA) is 132 Å². The fourth-order valence-corrected chi connectivity index (χ4v) is 8.73. The van der Waals surface area contributed by atoms with Crippen LogP contribution in [0.25, 0.3) is 0 Å². The summed E-state index contributed by atoms with van der Waals surface area (Å²) in [6.07, 6.45) is 57.2. The van der Waals surface area contributed by atoms with Gasteiger partial charge in [0.05, 0.1) is 26.4 Å². The quantitative estimate of drug-likeness (QED) is 0.0236. The number of esters is 1. The van der Waals surface area contributed by atoms with Crippen LogP contribution in [0.2, 0.25) is 0 Å². The minimum absolute atomic E-state index is 0.0521. The highest BCUT2D eigenvalue weighted by molar-refractivity contribution is 7.47. The molecule has 10 heteroatoms. The lowest BCUT2D eigenvalue weighted by Gasteiger charge is -2.20. The highest BCUT2D eigenvalue weighted by Gasteiger charge is 2.26. The van der Waals surface area contributed by atoms with E-state index in [2.05, 4.69) is 38.2 Å². The number of ether oxygens (including phenoxy) is 2. The Hall–Kier alpha value is -1.06. The summed E-state index contributed by atoms with van der Waals surface area (Å²) < 4.78 is 33.6. The average molecular weight is 929 g/mol. The lowest BCUT2D eigenvalue weighted by atomic mass is 10.0. The van der Waals surface area contributed by atoms with Crippen LogP contribution in [0.15, 0.2) is 24.3 Å². The maximum atomic E-state index is 12.7. The lowest BCUT2D eigenvalue weighted by Crippen LogP contribution is -2.29. The molecule has 0 aromatic heterocycles. The SMILES string of the molecule is CCCCCCCC/C=C\CCCCCCCCCCCC(=O)OC(COCCCCCCCCCCCCCC/C=C\CCCCCCCCCC)COP(=O)(O)OCC(O)CO. The molecule has 3 atom stereocenters. The molecular weight excluding hydrogens is 824 g/mol. The molecule has 9 nitrogen and oxygen atoms in total. The molecule has 0 fully saturated rings. The van der Waals surface area contributed by atoms with Gasteiger partial charge in [-0.15, -0.1) is 0 Å². The standard InChI is InChI=1S/C54H105O9P/c1-3-5-7-9-11-13-15-17-19-21-23-24-25-26-27-29-31-33-35-37-39-41-43-45-47-60-50-53(51-62-64(58,59)61-49-52(56)48-55)63-54(57)46-44-42-40-38-36-34-32-30-28-22-20-18-16-14-12-10-8-6-4-2/h18,20-21,23,52-53,55-56H,3-17,19,22,24-51H2,1-2H3,(H,58,59)/b20-18-,23-21-. The molecule has 0 aromatic rings.